The highest BCUT2D eigenvalue weighted by molar-refractivity contribution is 4.95. The fraction of sp³-hybridized carbons (Fsp3) is 0.750. The smallest absolute Gasteiger partial charge is 0.0240 e. The average molecular weight is 138 g/mol. The van der Waals surface area contributed by atoms with Gasteiger partial charge < -0.3 is 0 Å². The van der Waals surface area contributed by atoms with Gasteiger partial charge in [-0.25, -0.2) is 5.01 Å². The summed E-state index contributed by atoms with van der Waals surface area (Å²) < 4.78 is 0. The van der Waals surface area contributed by atoms with Crippen molar-refractivity contribution >= 4 is 0 Å². The third-order valence-corrected chi connectivity index (χ3v) is 1.62. The van der Waals surface area contributed by atoms with Crippen molar-refractivity contribution in [2.75, 3.05) is 19.6 Å². The molecule has 1 aliphatic heterocycles. The Morgan fingerprint density at radius 3 is 3.10 bits per heavy atom. The van der Waals surface area contributed by atoms with Gasteiger partial charge in [0.15, 0.2) is 0 Å². The molecule has 0 radical (unpaired) electrons. The maximum atomic E-state index is 3.28. The third kappa shape index (κ3) is 2.38. The molecule has 0 bridgehead atoms. The predicted molar refractivity (Wildman–Crippen MR) is 42.3 cm³/mol. The lowest BCUT2D eigenvalue weighted by molar-refractivity contribution is 0.260. The van der Waals surface area contributed by atoms with Crippen LogP contribution in [-0.2, 0) is 0 Å². The third-order valence-electron chi connectivity index (χ3n) is 1.62. The van der Waals surface area contributed by atoms with E-state index in [0.29, 0.717) is 0 Å². The van der Waals surface area contributed by atoms with E-state index < -0.39 is 0 Å². The molecule has 1 saturated heterocycles. The highest BCUT2D eigenvalue weighted by atomic mass is 15.5. The van der Waals surface area contributed by atoms with Crippen LogP contribution < -0.4 is 5.43 Å². The first-order chi connectivity index (χ1) is 4.93. The van der Waals surface area contributed by atoms with Crippen LogP contribution in [-0.4, -0.2) is 24.6 Å². The van der Waals surface area contributed by atoms with Crippen LogP contribution in [0.2, 0.25) is 0 Å². The van der Waals surface area contributed by atoms with Crippen LogP contribution in [0.15, 0.2) is 0 Å². The fourth-order valence-electron chi connectivity index (χ4n) is 1.09. The fourth-order valence-corrected chi connectivity index (χ4v) is 1.09. The zero-order valence-corrected chi connectivity index (χ0v) is 6.48. The number of nitrogens with zero attached hydrogens (tertiary/aromatic N) is 1. The normalized spacial score (nSPS) is 18.5. The van der Waals surface area contributed by atoms with Gasteiger partial charge in [0.05, 0.1) is 0 Å². The maximum Gasteiger partial charge on any atom is 0.0240 e. The first-order valence-corrected chi connectivity index (χ1v) is 3.81. The summed E-state index contributed by atoms with van der Waals surface area (Å²) in [6, 6.07) is 0. The molecule has 0 saturated carbocycles. The summed E-state index contributed by atoms with van der Waals surface area (Å²) in [5.41, 5.74) is 3.28. The molecule has 0 aromatic rings. The van der Waals surface area contributed by atoms with E-state index in [1.165, 1.54) is 13.0 Å². The van der Waals surface area contributed by atoms with Crippen LogP contribution in [0.1, 0.15) is 19.8 Å². The Hall–Kier alpha value is -0.520. The van der Waals surface area contributed by atoms with Gasteiger partial charge in [0.2, 0.25) is 0 Å². The Morgan fingerprint density at radius 1 is 1.60 bits per heavy atom. The second kappa shape index (κ2) is 4.32. The van der Waals surface area contributed by atoms with E-state index in [1.807, 2.05) is 6.92 Å². The second-order valence-corrected chi connectivity index (χ2v) is 2.43. The molecule has 0 aromatic heterocycles. The molecule has 0 aromatic carbocycles. The minimum Gasteiger partial charge on any atom is -0.255 e. The van der Waals surface area contributed by atoms with Gasteiger partial charge in [-0.3, -0.25) is 5.43 Å². The van der Waals surface area contributed by atoms with Crippen molar-refractivity contribution < 1.29 is 0 Å². The van der Waals surface area contributed by atoms with E-state index >= 15 is 0 Å². The van der Waals surface area contributed by atoms with Gasteiger partial charge in [0.1, 0.15) is 0 Å². The van der Waals surface area contributed by atoms with Crippen molar-refractivity contribution in [3.8, 4) is 11.8 Å². The van der Waals surface area contributed by atoms with Crippen molar-refractivity contribution in [1.82, 2.24) is 10.4 Å². The van der Waals surface area contributed by atoms with Crippen LogP contribution in [0.25, 0.3) is 0 Å². The number of hydrazine groups is 1. The zero-order valence-electron chi connectivity index (χ0n) is 6.48. The first kappa shape index (κ1) is 7.59. The Morgan fingerprint density at radius 2 is 2.50 bits per heavy atom. The molecule has 0 spiro atoms. The summed E-state index contributed by atoms with van der Waals surface area (Å²) in [6.07, 6.45) is 2.27. The van der Waals surface area contributed by atoms with Crippen molar-refractivity contribution in [2.45, 2.75) is 19.8 Å². The Labute approximate surface area is 62.6 Å². The average Bonchev–Trinajstić information content (AvgIpc) is 2.41. The van der Waals surface area contributed by atoms with Gasteiger partial charge in [-0.05, 0) is 13.3 Å². The molecule has 1 N–H and O–H groups in total. The van der Waals surface area contributed by atoms with E-state index in [1.54, 1.807) is 0 Å². The number of rotatable bonds is 2. The zero-order chi connectivity index (χ0) is 7.23. The highest BCUT2D eigenvalue weighted by Crippen LogP contribution is 1.95. The molecule has 2 heteroatoms. The van der Waals surface area contributed by atoms with Crippen molar-refractivity contribution in [2.24, 2.45) is 0 Å². The first-order valence-electron chi connectivity index (χ1n) is 3.81. The molecule has 2 nitrogen and oxygen atoms in total. The molecule has 1 aliphatic rings. The molecule has 0 unspecified atom stereocenters. The van der Waals surface area contributed by atoms with Crippen molar-refractivity contribution in [3.05, 3.63) is 0 Å². The molecule has 1 fully saturated rings. The minimum absolute atomic E-state index is 0.990. The van der Waals surface area contributed by atoms with Crippen LogP contribution in [0.3, 0.4) is 0 Å². The van der Waals surface area contributed by atoms with E-state index in [0.717, 1.165) is 19.5 Å². The monoisotopic (exact) mass is 138 g/mol. The van der Waals surface area contributed by atoms with Gasteiger partial charge in [-0.15, -0.1) is 11.8 Å². The molecular weight excluding hydrogens is 124 g/mol. The summed E-state index contributed by atoms with van der Waals surface area (Å²) in [5.74, 6) is 5.93. The highest BCUT2D eigenvalue weighted by Gasteiger charge is 2.07. The standard InChI is InChI=1S/C8H14N2/c1-2-3-4-7-10-8-5-6-9-10/h9H,4-8H2,1H3. The minimum atomic E-state index is 0.990. The van der Waals surface area contributed by atoms with E-state index in [4.69, 9.17) is 0 Å². The Bertz CT molecular complexity index is 137. The maximum absolute atomic E-state index is 3.28. The van der Waals surface area contributed by atoms with E-state index in [-0.39, 0.29) is 0 Å². The number of nitrogens with one attached hydrogen (secondary N) is 1. The lowest BCUT2D eigenvalue weighted by Gasteiger charge is -2.11. The van der Waals surface area contributed by atoms with Crippen LogP contribution in [0.4, 0.5) is 0 Å². The Balaban J connectivity index is 2.05. The molecular formula is C8H14N2. The van der Waals surface area contributed by atoms with Gasteiger partial charge >= 0.3 is 0 Å². The van der Waals surface area contributed by atoms with E-state index in [2.05, 4.69) is 22.3 Å². The van der Waals surface area contributed by atoms with Crippen LogP contribution >= 0.6 is 0 Å². The molecule has 0 atom stereocenters. The SMILES string of the molecule is CC#CCCN1CCCN1. The molecule has 1 heterocycles. The molecule has 0 amide bonds. The van der Waals surface area contributed by atoms with Gasteiger partial charge in [0.25, 0.3) is 0 Å². The number of hydrogen-bond donors (Lipinski definition) is 1. The summed E-state index contributed by atoms with van der Waals surface area (Å²) in [6.45, 7) is 5.28. The van der Waals surface area contributed by atoms with Crippen LogP contribution in [0.5, 0.6) is 0 Å². The van der Waals surface area contributed by atoms with Gasteiger partial charge in [-0.2, -0.15) is 0 Å². The van der Waals surface area contributed by atoms with E-state index in [9.17, 15) is 0 Å². The van der Waals surface area contributed by atoms with Gasteiger partial charge in [0, 0.05) is 26.1 Å². The summed E-state index contributed by atoms with van der Waals surface area (Å²) >= 11 is 0. The summed E-state index contributed by atoms with van der Waals surface area (Å²) in [4.78, 5) is 0. The quantitative estimate of drug-likeness (QED) is 0.562. The summed E-state index contributed by atoms with van der Waals surface area (Å²) in [5, 5.41) is 2.24. The predicted octanol–water partition coefficient (Wildman–Crippen LogP) is 0.610. The molecule has 1 rings (SSSR count). The Kier molecular flexibility index (Phi) is 3.28. The summed E-state index contributed by atoms with van der Waals surface area (Å²) in [7, 11) is 0. The lowest BCUT2D eigenvalue weighted by Crippen LogP contribution is -2.31. The molecule has 56 valence electrons. The molecule has 10 heavy (non-hydrogen) atoms. The second-order valence-electron chi connectivity index (χ2n) is 2.43. The lowest BCUT2D eigenvalue weighted by atomic mass is 10.4. The van der Waals surface area contributed by atoms with Crippen molar-refractivity contribution in [3.63, 3.8) is 0 Å². The van der Waals surface area contributed by atoms with Crippen LogP contribution in [0, 0.1) is 11.8 Å². The van der Waals surface area contributed by atoms with Gasteiger partial charge in [-0.1, -0.05) is 0 Å². The van der Waals surface area contributed by atoms with Crippen molar-refractivity contribution in [1.29, 1.82) is 0 Å². The topological polar surface area (TPSA) is 15.3 Å². The molecule has 0 aliphatic carbocycles. The largest absolute Gasteiger partial charge is 0.255 e. The number of hydrogen-bond acceptors (Lipinski definition) is 2.